The third kappa shape index (κ3) is 5.49. The van der Waals surface area contributed by atoms with Crippen LogP contribution in [-0.4, -0.2) is 26.2 Å². The van der Waals surface area contributed by atoms with Crippen LogP contribution >= 0.6 is 11.6 Å². The smallest absolute Gasteiger partial charge is 0.319 e. The van der Waals surface area contributed by atoms with Gasteiger partial charge in [0, 0.05) is 36.5 Å². The van der Waals surface area contributed by atoms with Gasteiger partial charge in [-0.05, 0) is 43.2 Å². The minimum absolute atomic E-state index is 0.210. The van der Waals surface area contributed by atoms with E-state index in [1.54, 1.807) is 12.1 Å². The first-order valence-corrected chi connectivity index (χ1v) is 8.01. The van der Waals surface area contributed by atoms with Crippen molar-refractivity contribution in [3.8, 4) is 0 Å². The van der Waals surface area contributed by atoms with E-state index >= 15 is 0 Å². The van der Waals surface area contributed by atoms with E-state index in [9.17, 15) is 4.79 Å². The zero-order valence-electron chi connectivity index (χ0n) is 13.5. The Morgan fingerprint density at radius 3 is 2.65 bits per heavy atom. The van der Waals surface area contributed by atoms with Crippen LogP contribution in [0.2, 0.25) is 5.02 Å². The van der Waals surface area contributed by atoms with Crippen LogP contribution in [0, 0.1) is 6.92 Å². The molecule has 0 saturated carbocycles. The van der Waals surface area contributed by atoms with Crippen molar-refractivity contribution in [2.75, 3.05) is 30.4 Å². The maximum atomic E-state index is 11.9. The van der Waals surface area contributed by atoms with Crippen LogP contribution in [0.1, 0.15) is 12.0 Å². The van der Waals surface area contributed by atoms with E-state index in [1.807, 2.05) is 38.2 Å². The highest BCUT2D eigenvalue weighted by Crippen LogP contribution is 2.19. The maximum absolute atomic E-state index is 11.9. The molecule has 0 fully saturated rings. The highest BCUT2D eigenvalue weighted by Gasteiger charge is 2.05. The van der Waals surface area contributed by atoms with E-state index in [0.717, 1.165) is 24.2 Å². The number of hydrogen-bond donors (Lipinski definition) is 2. The monoisotopic (exact) mass is 331 g/mol. The molecular weight excluding hydrogens is 310 g/mol. The molecule has 2 aromatic carbocycles. The number of anilines is 2. The van der Waals surface area contributed by atoms with Crippen molar-refractivity contribution in [2.24, 2.45) is 0 Å². The molecule has 0 aliphatic rings. The maximum Gasteiger partial charge on any atom is 0.319 e. The Bertz CT molecular complexity index is 646. The number of hydrogen-bond acceptors (Lipinski definition) is 2. The lowest BCUT2D eigenvalue weighted by Crippen LogP contribution is -2.31. The fourth-order valence-corrected chi connectivity index (χ4v) is 2.40. The van der Waals surface area contributed by atoms with Crippen molar-refractivity contribution in [1.29, 1.82) is 0 Å². The van der Waals surface area contributed by atoms with Crippen LogP contribution in [0.15, 0.2) is 48.5 Å². The van der Waals surface area contributed by atoms with Crippen LogP contribution in [-0.2, 0) is 0 Å². The number of benzene rings is 2. The topological polar surface area (TPSA) is 44.4 Å². The summed E-state index contributed by atoms with van der Waals surface area (Å²) < 4.78 is 0. The number of rotatable bonds is 6. The first-order valence-electron chi connectivity index (χ1n) is 7.63. The molecule has 23 heavy (non-hydrogen) atoms. The van der Waals surface area contributed by atoms with E-state index in [2.05, 4.69) is 27.7 Å². The molecule has 0 saturated heterocycles. The SMILES string of the molecule is Cc1ccc(Cl)cc1NC(=O)NCCCN(C)c1ccccc1. The van der Waals surface area contributed by atoms with Gasteiger partial charge in [-0.1, -0.05) is 35.9 Å². The standard InChI is InChI=1S/C18H22ClN3O/c1-14-9-10-15(19)13-17(14)21-18(23)20-11-6-12-22(2)16-7-4-3-5-8-16/h3-5,7-10,13H,6,11-12H2,1-2H3,(H2,20,21,23). The van der Waals surface area contributed by atoms with Crippen LogP contribution in [0.25, 0.3) is 0 Å². The van der Waals surface area contributed by atoms with Crippen molar-refractivity contribution in [3.05, 3.63) is 59.1 Å². The number of aryl methyl sites for hydroxylation is 1. The zero-order chi connectivity index (χ0) is 16.7. The Morgan fingerprint density at radius 2 is 1.91 bits per heavy atom. The fourth-order valence-electron chi connectivity index (χ4n) is 2.23. The Balaban J connectivity index is 1.72. The average molecular weight is 332 g/mol. The summed E-state index contributed by atoms with van der Waals surface area (Å²) in [4.78, 5) is 14.1. The van der Waals surface area contributed by atoms with Crippen LogP contribution in [0.3, 0.4) is 0 Å². The summed E-state index contributed by atoms with van der Waals surface area (Å²) in [6, 6.07) is 15.4. The van der Waals surface area contributed by atoms with Crippen molar-refractivity contribution >= 4 is 29.0 Å². The molecule has 0 atom stereocenters. The second-order valence-corrected chi connectivity index (χ2v) is 5.89. The highest BCUT2D eigenvalue weighted by atomic mass is 35.5. The Hall–Kier alpha value is -2.20. The van der Waals surface area contributed by atoms with E-state index in [1.165, 1.54) is 5.69 Å². The van der Waals surface area contributed by atoms with Crippen LogP contribution < -0.4 is 15.5 Å². The normalized spacial score (nSPS) is 10.2. The lowest BCUT2D eigenvalue weighted by Gasteiger charge is -2.19. The quantitative estimate of drug-likeness (QED) is 0.775. The summed E-state index contributed by atoms with van der Waals surface area (Å²) >= 11 is 5.94. The molecule has 0 heterocycles. The van der Waals surface area contributed by atoms with E-state index < -0.39 is 0 Å². The molecule has 0 bridgehead atoms. The molecule has 5 heteroatoms. The molecule has 2 rings (SSSR count). The number of para-hydroxylation sites is 1. The van der Waals surface area contributed by atoms with Gasteiger partial charge in [0.05, 0.1) is 0 Å². The number of amides is 2. The molecule has 2 amide bonds. The number of carbonyl (C=O) groups excluding carboxylic acids is 1. The predicted octanol–water partition coefficient (Wildman–Crippen LogP) is 4.30. The summed E-state index contributed by atoms with van der Waals surface area (Å²) in [7, 11) is 2.05. The largest absolute Gasteiger partial charge is 0.375 e. The van der Waals surface area contributed by atoms with Gasteiger partial charge in [-0.15, -0.1) is 0 Å². The molecule has 0 aliphatic carbocycles. The fraction of sp³-hybridized carbons (Fsp3) is 0.278. The van der Waals surface area contributed by atoms with Crippen molar-refractivity contribution in [1.82, 2.24) is 5.32 Å². The zero-order valence-corrected chi connectivity index (χ0v) is 14.2. The summed E-state index contributed by atoms with van der Waals surface area (Å²) in [6.07, 6.45) is 0.868. The molecule has 0 radical (unpaired) electrons. The summed E-state index contributed by atoms with van der Waals surface area (Å²) in [5.41, 5.74) is 2.89. The number of nitrogens with zero attached hydrogens (tertiary/aromatic N) is 1. The molecule has 122 valence electrons. The number of urea groups is 1. The van der Waals surface area contributed by atoms with E-state index in [0.29, 0.717) is 11.6 Å². The van der Waals surface area contributed by atoms with Crippen LogP contribution in [0.4, 0.5) is 16.2 Å². The predicted molar refractivity (Wildman–Crippen MR) is 97.5 cm³/mol. The van der Waals surface area contributed by atoms with Gasteiger partial charge < -0.3 is 15.5 Å². The number of carbonyl (C=O) groups is 1. The molecule has 2 aromatic rings. The lowest BCUT2D eigenvalue weighted by atomic mass is 10.2. The van der Waals surface area contributed by atoms with Crippen molar-refractivity contribution < 1.29 is 4.79 Å². The summed E-state index contributed by atoms with van der Waals surface area (Å²) in [6.45, 7) is 3.42. The molecule has 0 aliphatic heterocycles. The van der Waals surface area contributed by atoms with E-state index in [-0.39, 0.29) is 6.03 Å². The molecule has 4 nitrogen and oxygen atoms in total. The molecule has 0 spiro atoms. The van der Waals surface area contributed by atoms with Gasteiger partial charge in [0.25, 0.3) is 0 Å². The molecule has 0 unspecified atom stereocenters. The average Bonchev–Trinajstić information content (AvgIpc) is 2.55. The Kier molecular flexibility index (Phi) is 6.29. The number of nitrogens with one attached hydrogen (secondary N) is 2. The lowest BCUT2D eigenvalue weighted by molar-refractivity contribution is 0.252. The molecular formula is C18H22ClN3O. The number of halogens is 1. The molecule has 2 N–H and O–H groups in total. The molecule has 0 aromatic heterocycles. The summed E-state index contributed by atoms with van der Waals surface area (Å²) in [5, 5.41) is 6.29. The van der Waals surface area contributed by atoms with Gasteiger partial charge >= 0.3 is 6.03 Å². The summed E-state index contributed by atoms with van der Waals surface area (Å²) in [5.74, 6) is 0. The van der Waals surface area contributed by atoms with Gasteiger partial charge in [0.1, 0.15) is 0 Å². The Labute approximate surface area is 142 Å². The van der Waals surface area contributed by atoms with Gasteiger partial charge in [0.2, 0.25) is 0 Å². The van der Waals surface area contributed by atoms with Crippen molar-refractivity contribution in [2.45, 2.75) is 13.3 Å². The van der Waals surface area contributed by atoms with Crippen molar-refractivity contribution in [3.63, 3.8) is 0 Å². The van der Waals surface area contributed by atoms with Crippen LogP contribution in [0.5, 0.6) is 0 Å². The highest BCUT2D eigenvalue weighted by molar-refractivity contribution is 6.31. The first-order chi connectivity index (χ1) is 11.1. The minimum Gasteiger partial charge on any atom is -0.375 e. The van der Waals surface area contributed by atoms with Gasteiger partial charge in [-0.2, -0.15) is 0 Å². The van der Waals surface area contributed by atoms with Gasteiger partial charge in [-0.25, -0.2) is 4.79 Å². The first kappa shape index (κ1) is 17.2. The Morgan fingerprint density at radius 1 is 1.17 bits per heavy atom. The second kappa shape index (κ2) is 8.44. The third-order valence-corrected chi connectivity index (χ3v) is 3.84. The third-order valence-electron chi connectivity index (χ3n) is 3.60. The minimum atomic E-state index is -0.210. The van der Waals surface area contributed by atoms with Gasteiger partial charge in [0.15, 0.2) is 0 Å². The second-order valence-electron chi connectivity index (χ2n) is 5.45. The van der Waals surface area contributed by atoms with E-state index in [4.69, 9.17) is 11.6 Å². The van der Waals surface area contributed by atoms with Gasteiger partial charge in [-0.3, -0.25) is 0 Å².